The average molecular weight is 405 g/mol. The van der Waals surface area contributed by atoms with E-state index in [-0.39, 0.29) is 23.8 Å². The minimum absolute atomic E-state index is 0.0255. The minimum Gasteiger partial charge on any atom is -0.349 e. The van der Waals surface area contributed by atoms with Crippen LogP contribution in [0.2, 0.25) is 0 Å². The van der Waals surface area contributed by atoms with Gasteiger partial charge in [0.2, 0.25) is 5.91 Å². The highest BCUT2D eigenvalue weighted by Crippen LogP contribution is 2.28. The molecule has 0 aliphatic carbocycles. The number of nitrogens with one attached hydrogen (secondary N) is 1. The fraction of sp³-hybridized carbons (Fsp3) is 0.250. The first-order valence-corrected chi connectivity index (χ1v) is 10.9. The zero-order chi connectivity index (χ0) is 20.1. The zero-order valence-corrected chi connectivity index (χ0v) is 17.0. The van der Waals surface area contributed by atoms with E-state index in [1.54, 1.807) is 0 Å². The first-order chi connectivity index (χ1) is 14.2. The third-order valence-corrected chi connectivity index (χ3v) is 6.12. The van der Waals surface area contributed by atoms with Crippen LogP contribution in [0.15, 0.2) is 77.5 Å². The van der Waals surface area contributed by atoms with Crippen LogP contribution in [0.25, 0.3) is 0 Å². The molecule has 1 aromatic heterocycles. The van der Waals surface area contributed by atoms with Gasteiger partial charge in [-0.05, 0) is 35.4 Å². The molecule has 5 heteroatoms. The van der Waals surface area contributed by atoms with Gasteiger partial charge in [-0.2, -0.15) is 11.3 Å². The van der Waals surface area contributed by atoms with Gasteiger partial charge in [0.05, 0.1) is 5.92 Å². The van der Waals surface area contributed by atoms with Crippen LogP contribution >= 0.6 is 11.3 Å². The molecule has 1 saturated heterocycles. The molecule has 4 rings (SSSR count). The number of thiophene rings is 1. The van der Waals surface area contributed by atoms with E-state index in [1.165, 1.54) is 11.3 Å². The van der Waals surface area contributed by atoms with Gasteiger partial charge in [-0.1, -0.05) is 60.7 Å². The van der Waals surface area contributed by atoms with E-state index in [2.05, 4.69) is 5.32 Å². The molecule has 0 spiro atoms. The second-order valence-electron chi connectivity index (χ2n) is 7.34. The number of nitrogens with zero attached hydrogens (tertiary/aromatic N) is 1. The predicted molar refractivity (Wildman–Crippen MR) is 116 cm³/mol. The van der Waals surface area contributed by atoms with E-state index in [4.69, 9.17) is 0 Å². The van der Waals surface area contributed by atoms with Crippen LogP contribution in [-0.4, -0.2) is 35.8 Å². The van der Waals surface area contributed by atoms with Crippen molar-refractivity contribution in [2.75, 3.05) is 13.1 Å². The summed E-state index contributed by atoms with van der Waals surface area (Å²) in [4.78, 5) is 27.7. The van der Waals surface area contributed by atoms with Crippen molar-refractivity contribution >= 4 is 23.2 Å². The molecule has 2 amide bonds. The molecule has 0 bridgehead atoms. The Bertz CT molecular complexity index is 894. The number of rotatable bonds is 5. The lowest BCUT2D eigenvalue weighted by atomic mass is 9.89. The highest BCUT2D eigenvalue weighted by Gasteiger charge is 2.30. The van der Waals surface area contributed by atoms with E-state index >= 15 is 0 Å². The van der Waals surface area contributed by atoms with Crippen LogP contribution in [0.1, 0.15) is 40.2 Å². The Labute approximate surface area is 175 Å². The molecule has 148 valence electrons. The van der Waals surface area contributed by atoms with Crippen LogP contribution in [0.5, 0.6) is 0 Å². The summed E-state index contributed by atoms with van der Waals surface area (Å²) >= 11 is 1.52. The molecule has 2 heterocycles. The highest BCUT2D eigenvalue weighted by molar-refractivity contribution is 7.08. The van der Waals surface area contributed by atoms with Crippen LogP contribution in [0, 0.1) is 0 Å². The number of benzene rings is 2. The summed E-state index contributed by atoms with van der Waals surface area (Å²) < 4.78 is 0. The van der Waals surface area contributed by atoms with Gasteiger partial charge in [0.15, 0.2) is 0 Å². The summed E-state index contributed by atoms with van der Waals surface area (Å²) in [7, 11) is 0. The number of hydrogen-bond acceptors (Lipinski definition) is 3. The van der Waals surface area contributed by atoms with E-state index in [1.807, 2.05) is 82.4 Å². The monoisotopic (exact) mass is 404 g/mol. The first-order valence-electron chi connectivity index (χ1n) is 9.94. The lowest BCUT2D eigenvalue weighted by molar-refractivity contribution is -0.132. The summed E-state index contributed by atoms with van der Waals surface area (Å²) in [5, 5.41) is 6.87. The fourth-order valence-corrected chi connectivity index (χ4v) is 4.49. The standard InChI is InChI=1S/C24H24N2O2S/c27-23(20-13-16-29-17-20)25-21-11-14-26(15-12-21)24(28)22(18-7-3-1-4-8-18)19-9-5-2-6-10-19/h1-10,13,16-17,21-22H,11-12,14-15H2,(H,25,27). The van der Waals surface area contributed by atoms with Crippen molar-refractivity contribution in [3.63, 3.8) is 0 Å². The molecular formula is C24H24N2O2S. The Morgan fingerprint density at radius 2 is 1.48 bits per heavy atom. The van der Waals surface area contributed by atoms with Gasteiger partial charge in [-0.3, -0.25) is 9.59 Å². The topological polar surface area (TPSA) is 49.4 Å². The summed E-state index contributed by atoms with van der Waals surface area (Å²) in [5.41, 5.74) is 2.73. The number of likely N-dealkylation sites (tertiary alicyclic amines) is 1. The average Bonchev–Trinajstić information content (AvgIpc) is 3.31. The predicted octanol–water partition coefficient (Wildman–Crippen LogP) is 4.30. The van der Waals surface area contributed by atoms with Crippen molar-refractivity contribution in [3.05, 3.63) is 94.2 Å². The fourth-order valence-electron chi connectivity index (χ4n) is 3.86. The lowest BCUT2D eigenvalue weighted by Gasteiger charge is -2.34. The number of carbonyl (C=O) groups excluding carboxylic acids is 2. The molecule has 1 aliphatic heterocycles. The Hall–Kier alpha value is -2.92. The Morgan fingerprint density at radius 1 is 0.897 bits per heavy atom. The van der Waals surface area contributed by atoms with Gasteiger partial charge in [0.1, 0.15) is 0 Å². The maximum atomic E-state index is 13.5. The Morgan fingerprint density at radius 3 is 2.00 bits per heavy atom. The van der Waals surface area contributed by atoms with Crippen molar-refractivity contribution < 1.29 is 9.59 Å². The molecular weight excluding hydrogens is 380 g/mol. The third kappa shape index (κ3) is 4.57. The minimum atomic E-state index is -0.297. The summed E-state index contributed by atoms with van der Waals surface area (Å²) in [6.45, 7) is 1.31. The van der Waals surface area contributed by atoms with Gasteiger partial charge in [0, 0.05) is 30.1 Å². The van der Waals surface area contributed by atoms with Gasteiger partial charge in [-0.15, -0.1) is 0 Å². The quantitative estimate of drug-likeness (QED) is 0.689. The summed E-state index contributed by atoms with van der Waals surface area (Å²) in [6.07, 6.45) is 1.55. The third-order valence-electron chi connectivity index (χ3n) is 5.44. The number of amides is 2. The molecule has 0 radical (unpaired) electrons. The van der Waals surface area contributed by atoms with Crippen molar-refractivity contribution in [2.24, 2.45) is 0 Å². The largest absolute Gasteiger partial charge is 0.349 e. The molecule has 2 aromatic carbocycles. The summed E-state index contributed by atoms with van der Waals surface area (Å²) in [6, 6.07) is 21.9. The molecule has 4 nitrogen and oxygen atoms in total. The second-order valence-corrected chi connectivity index (χ2v) is 8.12. The molecule has 1 fully saturated rings. The van der Waals surface area contributed by atoms with Gasteiger partial charge in [-0.25, -0.2) is 0 Å². The van der Waals surface area contributed by atoms with Crippen LogP contribution in [-0.2, 0) is 4.79 Å². The van der Waals surface area contributed by atoms with Gasteiger partial charge in [0.25, 0.3) is 5.91 Å². The van der Waals surface area contributed by atoms with Crippen molar-refractivity contribution in [2.45, 2.75) is 24.8 Å². The van der Waals surface area contributed by atoms with E-state index < -0.39 is 0 Å². The number of piperidine rings is 1. The SMILES string of the molecule is O=C(NC1CCN(C(=O)C(c2ccccc2)c2ccccc2)CC1)c1ccsc1. The highest BCUT2D eigenvalue weighted by atomic mass is 32.1. The van der Waals surface area contributed by atoms with E-state index in [0.29, 0.717) is 18.7 Å². The number of carbonyl (C=O) groups is 2. The van der Waals surface area contributed by atoms with Crippen molar-refractivity contribution in [1.82, 2.24) is 10.2 Å². The van der Waals surface area contributed by atoms with E-state index in [9.17, 15) is 9.59 Å². The Balaban J connectivity index is 1.44. The van der Waals surface area contributed by atoms with Crippen molar-refractivity contribution in [3.8, 4) is 0 Å². The lowest BCUT2D eigenvalue weighted by Crippen LogP contribution is -2.47. The zero-order valence-electron chi connectivity index (χ0n) is 16.2. The smallest absolute Gasteiger partial charge is 0.252 e. The molecule has 3 aromatic rings. The van der Waals surface area contributed by atoms with E-state index in [0.717, 1.165) is 24.0 Å². The maximum absolute atomic E-state index is 13.5. The summed E-state index contributed by atoms with van der Waals surface area (Å²) in [5.74, 6) is -0.193. The Kier molecular flexibility index (Phi) is 6.06. The second kappa shape index (κ2) is 9.05. The molecule has 0 saturated carbocycles. The number of hydrogen-bond donors (Lipinski definition) is 1. The first kappa shape index (κ1) is 19.4. The normalized spacial score (nSPS) is 14.7. The van der Waals surface area contributed by atoms with Crippen LogP contribution in [0.4, 0.5) is 0 Å². The van der Waals surface area contributed by atoms with Crippen LogP contribution in [0.3, 0.4) is 0 Å². The molecule has 1 N–H and O–H groups in total. The molecule has 0 unspecified atom stereocenters. The molecule has 0 atom stereocenters. The van der Waals surface area contributed by atoms with Gasteiger partial charge < -0.3 is 10.2 Å². The molecule has 29 heavy (non-hydrogen) atoms. The van der Waals surface area contributed by atoms with Crippen LogP contribution < -0.4 is 5.32 Å². The van der Waals surface area contributed by atoms with Gasteiger partial charge >= 0.3 is 0 Å². The van der Waals surface area contributed by atoms with Crippen molar-refractivity contribution in [1.29, 1.82) is 0 Å². The maximum Gasteiger partial charge on any atom is 0.252 e. The molecule has 1 aliphatic rings.